The van der Waals surface area contributed by atoms with Gasteiger partial charge in [-0.25, -0.2) is 0 Å². The molecule has 0 N–H and O–H groups in total. The molecule has 0 aromatic heterocycles. The van der Waals surface area contributed by atoms with Crippen molar-refractivity contribution in [2.24, 2.45) is 5.92 Å². The number of ether oxygens (including phenoxy) is 2. The van der Waals surface area contributed by atoms with Gasteiger partial charge in [-0.1, -0.05) is 36.7 Å². The number of hydrogen-bond acceptors (Lipinski definition) is 4. The van der Waals surface area contributed by atoms with Crippen LogP contribution < -0.4 is 9.64 Å². The average molecular weight is 400 g/mol. The molecule has 2 atom stereocenters. The quantitative estimate of drug-likeness (QED) is 0.601. The van der Waals surface area contributed by atoms with Crippen molar-refractivity contribution in [2.45, 2.75) is 45.6 Å². The van der Waals surface area contributed by atoms with E-state index in [1.807, 2.05) is 32.9 Å². The minimum atomic E-state index is -0.451. The van der Waals surface area contributed by atoms with Crippen LogP contribution in [0.25, 0.3) is 0 Å². The Morgan fingerprint density at radius 3 is 2.75 bits per heavy atom. The summed E-state index contributed by atoms with van der Waals surface area (Å²) in [6.45, 7) is 9.38. The van der Waals surface area contributed by atoms with Crippen molar-refractivity contribution >= 4 is 23.3 Å². The monoisotopic (exact) mass is 399 g/mol. The van der Waals surface area contributed by atoms with Crippen LogP contribution in [0.15, 0.2) is 36.4 Å². The zero-order valence-electron chi connectivity index (χ0n) is 16.8. The van der Waals surface area contributed by atoms with Gasteiger partial charge in [-0.2, -0.15) is 0 Å². The molecule has 2 aliphatic rings. The SMILES string of the molecule is CC1c2ccc(N3CCC(C(=O)OC(C)(C)C)C3)cc2Oc2c(Cl)cccc21. The summed E-state index contributed by atoms with van der Waals surface area (Å²) in [5, 5.41) is 0.631. The van der Waals surface area contributed by atoms with Gasteiger partial charge < -0.3 is 14.4 Å². The molecule has 1 fully saturated rings. The molecule has 4 rings (SSSR count). The summed E-state index contributed by atoms with van der Waals surface area (Å²) in [5.41, 5.74) is 2.88. The highest BCUT2D eigenvalue weighted by molar-refractivity contribution is 6.32. The molecule has 148 valence electrons. The Kier molecular flexibility index (Phi) is 4.78. The fourth-order valence-electron chi connectivity index (χ4n) is 3.99. The van der Waals surface area contributed by atoms with E-state index < -0.39 is 5.60 Å². The first-order valence-corrected chi connectivity index (χ1v) is 10.2. The van der Waals surface area contributed by atoms with Gasteiger partial charge in [0.25, 0.3) is 0 Å². The number of anilines is 1. The Hall–Kier alpha value is -2.20. The van der Waals surface area contributed by atoms with Gasteiger partial charge in [-0.05, 0) is 39.3 Å². The van der Waals surface area contributed by atoms with E-state index in [0.29, 0.717) is 11.6 Å². The number of nitrogens with zero attached hydrogens (tertiary/aromatic N) is 1. The molecule has 2 heterocycles. The van der Waals surface area contributed by atoms with Crippen LogP contribution in [0.5, 0.6) is 11.5 Å². The first kappa shape index (κ1) is 19.1. The third-order valence-electron chi connectivity index (χ3n) is 5.43. The van der Waals surface area contributed by atoms with Crippen molar-refractivity contribution in [3.05, 3.63) is 52.5 Å². The van der Waals surface area contributed by atoms with E-state index in [2.05, 4.69) is 36.1 Å². The van der Waals surface area contributed by atoms with Crippen LogP contribution in [0.4, 0.5) is 5.69 Å². The van der Waals surface area contributed by atoms with Crippen LogP contribution in [-0.2, 0) is 9.53 Å². The maximum absolute atomic E-state index is 12.4. The van der Waals surface area contributed by atoms with Gasteiger partial charge in [0.05, 0.1) is 10.9 Å². The fraction of sp³-hybridized carbons (Fsp3) is 0.435. The van der Waals surface area contributed by atoms with E-state index in [0.717, 1.165) is 41.3 Å². The van der Waals surface area contributed by atoms with Crippen molar-refractivity contribution in [1.82, 2.24) is 0 Å². The molecule has 2 aliphatic heterocycles. The lowest BCUT2D eigenvalue weighted by Crippen LogP contribution is -2.30. The molecule has 1 saturated heterocycles. The predicted molar refractivity (Wildman–Crippen MR) is 112 cm³/mol. The molecule has 2 aromatic carbocycles. The molecule has 0 amide bonds. The number of rotatable bonds is 2. The van der Waals surface area contributed by atoms with E-state index in [-0.39, 0.29) is 17.8 Å². The van der Waals surface area contributed by atoms with Crippen LogP contribution in [-0.4, -0.2) is 24.7 Å². The lowest BCUT2D eigenvalue weighted by molar-refractivity contribution is -0.159. The molecule has 0 bridgehead atoms. The lowest BCUT2D eigenvalue weighted by Gasteiger charge is -2.28. The summed E-state index contributed by atoms with van der Waals surface area (Å²) in [5.74, 6) is 1.60. The van der Waals surface area contributed by atoms with E-state index in [1.165, 1.54) is 0 Å². The first-order valence-electron chi connectivity index (χ1n) is 9.81. The molecule has 2 unspecified atom stereocenters. The highest BCUT2D eigenvalue weighted by Crippen LogP contribution is 2.48. The van der Waals surface area contributed by atoms with Gasteiger partial charge in [0.15, 0.2) is 0 Å². The third-order valence-corrected chi connectivity index (χ3v) is 5.73. The van der Waals surface area contributed by atoms with Crippen molar-refractivity contribution in [3.8, 4) is 11.5 Å². The van der Waals surface area contributed by atoms with Crippen molar-refractivity contribution in [2.75, 3.05) is 18.0 Å². The van der Waals surface area contributed by atoms with E-state index >= 15 is 0 Å². The second kappa shape index (κ2) is 7.00. The third kappa shape index (κ3) is 3.58. The highest BCUT2D eigenvalue weighted by atomic mass is 35.5. The Labute approximate surface area is 171 Å². The van der Waals surface area contributed by atoms with Gasteiger partial charge in [-0.15, -0.1) is 0 Å². The van der Waals surface area contributed by atoms with E-state index in [4.69, 9.17) is 21.1 Å². The molecule has 0 saturated carbocycles. The molecule has 2 aromatic rings. The summed E-state index contributed by atoms with van der Waals surface area (Å²) in [4.78, 5) is 14.6. The molecule has 28 heavy (non-hydrogen) atoms. The maximum atomic E-state index is 12.4. The summed E-state index contributed by atoms with van der Waals surface area (Å²) in [6, 6.07) is 12.2. The summed E-state index contributed by atoms with van der Waals surface area (Å²) in [6.07, 6.45) is 0.803. The molecule has 0 radical (unpaired) electrons. The number of carbonyl (C=O) groups excluding carboxylic acids is 1. The van der Waals surface area contributed by atoms with E-state index in [9.17, 15) is 4.79 Å². The first-order chi connectivity index (χ1) is 13.2. The standard InChI is InChI=1S/C23H26ClNO3/c1-14-17-9-8-16(12-20(17)27-21-18(14)6-5-7-19(21)24)25-11-10-15(13-25)22(26)28-23(2,3)4/h5-9,12,14-15H,10-11,13H2,1-4H3. The topological polar surface area (TPSA) is 38.8 Å². The van der Waals surface area contributed by atoms with Crippen LogP contribution in [0.1, 0.15) is 51.2 Å². The van der Waals surface area contributed by atoms with Gasteiger partial charge in [0, 0.05) is 41.9 Å². The second-order valence-corrected chi connectivity index (χ2v) is 9.08. The van der Waals surface area contributed by atoms with Crippen LogP contribution >= 0.6 is 11.6 Å². The average Bonchev–Trinajstić information content (AvgIpc) is 3.11. The smallest absolute Gasteiger partial charge is 0.311 e. The van der Waals surface area contributed by atoms with Crippen molar-refractivity contribution in [1.29, 1.82) is 0 Å². The van der Waals surface area contributed by atoms with Crippen LogP contribution in [0, 0.1) is 5.92 Å². The Bertz CT molecular complexity index is 919. The number of halogens is 1. The molecular formula is C23H26ClNO3. The molecular weight excluding hydrogens is 374 g/mol. The lowest BCUT2D eigenvalue weighted by atomic mass is 9.89. The largest absolute Gasteiger partial charge is 0.460 e. The van der Waals surface area contributed by atoms with Crippen LogP contribution in [0.2, 0.25) is 5.02 Å². The molecule has 4 nitrogen and oxygen atoms in total. The number of fused-ring (bicyclic) bond motifs is 2. The minimum absolute atomic E-state index is 0.0923. The molecule has 0 spiro atoms. The van der Waals surface area contributed by atoms with Gasteiger partial charge in [0.2, 0.25) is 0 Å². The minimum Gasteiger partial charge on any atom is -0.460 e. The summed E-state index contributed by atoms with van der Waals surface area (Å²) in [7, 11) is 0. The number of hydrogen-bond donors (Lipinski definition) is 0. The van der Waals surface area contributed by atoms with E-state index in [1.54, 1.807) is 0 Å². The summed E-state index contributed by atoms with van der Waals surface area (Å²) < 4.78 is 11.7. The Morgan fingerprint density at radius 2 is 2.00 bits per heavy atom. The second-order valence-electron chi connectivity index (χ2n) is 8.67. The van der Waals surface area contributed by atoms with Gasteiger partial charge >= 0.3 is 5.97 Å². The van der Waals surface area contributed by atoms with Crippen LogP contribution in [0.3, 0.4) is 0 Å². The number of carbonyl (C=O) groups is 1. The van der Waals surface area contributed by atoms with Gasteiger partial charge in [0.1, 0.15) is 17.1 Å². The number of esters is 1. The van der Waals surface area contributed by atoms with Crippen molar-refractivity contribution in [3.63, 3.8) is 0 Å². The maximum Gasteiger partial charge on any atom is 0.311 e. The number of para-hydroxylation sites is 1. The normalized spacial score (nSPS) is 21.0. The fourth-order valence-corrected chi connectivity index (χ4v) is 4.21. The zero-order valence-corrected chi connectivity index (χ0v) is 17.5. The molecule has 0 aliphatic carbocycles. The number of benzene rings is 2. The summed E-state index contributed by atoms with van der Waals surface area (Å²) >= 11 is 6.36. The zero-order chi connectivity index (χ0) is 20.1. The van der Waals surface area contributed by atoms with Crippen molar-refractivity contribution < 1.29 is 14.3 Å². The Morgan fingerprint density at radius 1 is 1.21 bits per heavy atom. The highest BCUT2D eigenvalue weighted by Gasteiger charge is 2.33. The predicted octanol–water partition coefficient (Wildman–Crippen LogP) is 5.77. The van der Waals surface area contributed by atoms with Gasteiger partial charge in [-0.3, -0.25) is 4.79 Å². The molecule has 5 heteroatoms. The Balaban J connectivity index is 1.54.